The van der Waals surface area contributed by atoms with E-state index >= 15 is 0 Å². The summed E-state index contributed by atoms with van der Waals surface area (Å²) in [6.07, 6.45) is 1.68. The molecular formula is C4H7NZn. The summed E-state index contributed by atoms with van der Waals surface area (Å²) in [7, 11) is 0. The van der Waals surface area contributed by atoms with Gasteiger partial charge in [0, 0.05) is 25.9 Å². The van der Waals surface area contributed by atoms with E-state index in [4.69, 9.17) is 5.26 Å². The van der Waals surface area contributed by atoms with E-state index in [1.807, 2.05) is 13.0 Å². The van der Waals surface area contributed by atoms with E-state index in [9.17, 15) is 0 Å². The van der Waals surface area contributed by atoms with E-state index in [1.54, 1.807) is 0 Å². The second kappa shape index (κ2) is 8.93. The average Bonchev–Trinajstić information content (AvgIpc) is 1.41. The van der Waals surface area contributed by atoms with Gasteiger partial charge in [-0.1, -0.05) is 6.92 Å². The van der Waals surface area contributed by atoms with Crippen LogP contribution >= 0.6 is 0 Å². The quantitative estimate of drug-likeness (QED) is 0.496. The van der Waals surface area contributed by atoms with Crippen molar-refractivity contribution in [1.29, 1.82) is 5.26 Å². The summed E-state index contributed by atoms with van der Waals surface area (Å²) in [6, 6.07) is 2.02. The summed E-state index contributed by atoms with van der Waals surface area (Å²) in [5.74, 6) is 0. The Morgan fingerprint density at radius 1 is 1.67 bits per heavy atom. The third-order valence-electron chi connectivity index (χ3n) is 0.362. The minimum atomic E-state index is 0. The molecule has 1 nitrogen and oxygen atoms in total. The predicted octanol–water partition coefficient (Wildman–Crippen LogP) is 1.31. The number of unbranched alkanes of at least 4 members (excludes halogenated alkanes) is 1. The summed E-state index contributed by atoms with van der Waals surface area (Å²) in [5, 5.41) is 7.82. The number of nitriles is 1. The van der Waals surface area contributed by atoms with Crippen LogP contribution in [0.25, 0.3) is 0 Å². The van der Waals surface area contributed by atoms with Gasteiger partial charge in [-0.2, -0.15) is 5.26 Å². The second-order valence-electron chi connectivity index (χ2n) is 0.908. The van der Waals surface area contributed by atoms with Crippen molar-refractivity contribution in [2.45, 2.75) is 19.8 Å². The van der Waals surface area contributed by atoms with Gasteiger partial charge >= 0.3 is 0 Å². The van der Waals surface area contributed by atoms with Crippen LogP contribution in [0.2, 0.25) is 0 Å². The number of nitrogens with zero attached hydrogens (tertiary/aromatic N) is 1. The Kier molecular flexibility index (Phi) is 14.1. The van der Waals surface area contributed by atoms with E-state index in [0.717, 1.165) is 6.42 Å². The molecule has 6 heavy (non-hydrogen) atoms. The molecule has 0 saturated heterocycles. The van der Waals surface area contributed by atoms with Crippen LogP contribution in [-0.4, -0.2) is 0 Å². The van der Waals surface area contributed by atoms with E-state index < -0.39 is 0 Å². The Labute approximate surface area is 51.1 Å². The topological polar surface area (TPSA) is 23.8 Å². The van der Waals surface area contributed by atoms with Crippen LogP contribution in [0.15, 0.2) is 0 Å². The first-order valence-corrected chi connectivity index (χ1v) is 1.78. The molecule has 0 bridgehead atoms. The Morgan fingerprint density at radius 2 is 2.17 bits per heavy atom. The largest absolute Gasteiger partial charge is 0.198 e. The SMILES string of the molecule is CCCC#N.[Zn]. The average molecular weight is 134 g/mol. The molecule has 0 spiro atoms. The van der Waals surface area contributed by atoms with Crippen LogP contribution < -0.4 is 0 Å². The van der Waals surface area contributed by atoms with Crippen molar-refractivity contribution in [2.24, 2.45) is 0 Å². The zero-order chi connectivity index (χ0) is 4.12. The molecule has 0 fully saturated rings. The molecule has 2 heteroatoms. The Hall–Kier alpha value is 0.113. The van der Waals surface area contributed by atoms with Gasteiger partial charge in [-0.25, -0.2) is 0 Å². The smallest absolute Gasteiger partial charge is 0.0621 e. The van der Waals surface area contributed by atoms with Gasteiger partial charge in [0.25, 0.3) is 0 Å². The fourth-order valence-electron chi connectivity index (χ4n) is 0.112. The third kappa shape index (κ3) is 8.93. The van der Waals surface area contributed by atoms with Crippen molar-refractivity contribution >= 4 is 0 Å². The van der Waals surface area contributed by atoms with Crippen LogP contribution in [-0.2, 0) is 19.5 Å². The summed E-state index contributed by atoms with van der Waals surface area (Å²) in [4.78, 5) is 0. The van der Waals surface area contributed by atoms with Gasteiger partial charge in [0.15, 0.2) is 0 Å². The Morgan fingerprint density at radius 3 is 2.17 bits per heavy atom. The summed E-state index contributed by atoms with van der Waals surface area (Å²) in [5.41, 5.74) is 0. The molecule has 0 amide bonds. The first kappa shape index (κ1) is 9.45. The molecule has 0 saturated carbocycles. The molecule has 30 valence electrons. The molecule has 0 aromatic heterocycles. The van der Waals surface area contributed by atoms with Gasteiger partial charge in [0.2, 0.25) is 0 Å². The van der Waals surface area contributed by atoms with Crippen LogP contribution in [0, 0.1) is 11.3 Å². The fraction of sp³-hybridized carbons (Fsp3) is 0.750. The van der Waals surface area contributed by atoms with Crippen molar-refractivity contribution in [3.63, 3.8) is 0 Å². The maximum atomic E-state index is 7.82. The molecule has 0 aliphatic rings. The molecule has 0 N–H and O–H groups in total. The molecule has 0 radical (unpaired) electrons. The van der Waals surface area contributed by atoms with E-state index in [2.05, 4.69) is 0 Å². The first-order chi connectivity index (χ1) is 2.41. The zero-order valence-electron chi connectivity index (χ0n) is 4.07. The molecule has 0 atom stereocenters. The van der Waals surface area contributed by atoms with Gasteiger partial charge in [0.05, 0.1) is 6.07 Å². The number of hydrogen-bond acceptors (Lipinski definition) is 1. The van der Waals surface area contributed by atoms with Gasteiger partial charge in [-0.15, -0.1) is 0 Å². The summed E-state index contributed by atoms with van der Waals surface area (Å²) < 4.78 is 0. The monoisotopic (exact) mass is 133 g/mol. The minimum Gasteiger partial charge on any atom is -0.198 e. The van der Waals surface area contributed by atoms with Crippen LogP contribution in [0.5, 0.6) is 0 Å². The maximum Gasteiger partial charge on any atom is 0.0621 e. The minimum absolute atomic E-state index is 0. The fourth-order valence-corrected chi connectivity index (χ4v) is 0.112. The molecule has 0 aromatic rings. The third-order valence-corrected chi connectivity index (χ3v) is 0.362. The standard InChI is InChI=1S/C4H7N.Zn/c1-2-3-4-5;/h2-3H2,1H3;. The predicted molar refractivity (Wildman–Crippen MR) is 20.5 cm³/mol. The van der Waals surface area contributed by atoms with E-state index in [1.165, 1.54) is 0 Å². The molecule has 0 heterocycles. The van der Waals surface area contributed by atoms with Crippen molar-refractivity contribution in [3.8, 4) is 6.07 Å². The van der Waals surface area contributed by atoms with Crippen molar-refractivity contribution < 1.29 is 19.5 Å². The Bertz CT molecular complexity index is 46.0. The maximum absolute atomic E-state index is 7.82. The van der Waals surface area contributed by atoms with E-state index in [-0.39, 0.29) is 19.5 Å². The van der Waals surface area contributed by atoms with Crippen LogP contribution in [0.4, 0.5) is 0 Å². The van der Waals surface area contributed by atoms with Gasteiger partial charge in [0.1, 0.15) is 0 Å². The normalized spacial score (nSPS) is 5.33. The van der Waals surface area contributed by atoms with Crippen molar-refractivity contribution in [1.82, 2.24) is 0 Å². The number of rotatable bonds is 1. The van der Waals surface area contributed by atoms with Gasteiger partial charge in [-0.3, -0.25) is 0 Å². The van der Waals surface area contributed by atoms with Crippen molar-refractivity contribution in [2.75, 3.05) is 0 Å². The number of hydrogen-bond donors (Lipinski definition) is 0. The van der Waals surface area contributed by atoms with Gasteiger partial charge in [-0.05, 0) is 6.42 Å². The van der Waals surface area contributed by atoms with Crippen LogP contribution in [0.3, 0.4) is 0 Å². The Balaban J connectivity index is 0. The molecule has 0 rings (SSSR count). The second-order valence-corrected chi connectivity index (χ2v) is 0.908. The first-order valence-electron chi connectivity index (χ1n) is 1.78. The molecule has 0 aliphatic carbocycles. The molecule has 0 unspecified atom stereocenters. The van der Waals surface area contributed by atoms with E-state index in [0.29, 0.717) is 6.42 Å². The van der Waals surface area contributed by atoms with Crippen molar-refractivity contribution in [3.05, 3.63) is 0 Å². The summed E-state index contributed by atoms with van der Waals surface area (Å²) >= 11 is 0. The van der Waals surface area contributed by atoms with Crippen LogP contribution in [0.1, 0.15) is 19.8 Å². The zero-order valence-corrected chi connectivity index (χ0v) is 7.04. The summed E-state index contributed by atoms with van der Waals surface area (Å²) in [6.45, 7) is 1.99. The molecule has 0 aromatic carbocycles. The molecule has 0 aliphatic heterocycles. The van der Waals surface area contributed by atoms with Gasteiger partial charge < -0.3 is 0 Å². The molecular weight excluding hydrogens is 127 g/mol.